The van der Waals surface area contributed by atoms with Crippen LogP contribution in [0, 0.1) is 0 Å². The topological polar surface area (TPSA) is 20.2 Å². The molecule has 2 heteroatoms. The minimum Gasteiger partial charge on any atom is -0.389 e. The minimum atomic E-state index is -0.272. The van der Waals surface area contributed by atoms with Gasteiger partial charge in [0, 0.05) is 5.03 Å². The Morgan fingerprint density at radius 2 is 2.33 bits per heavy atom. The summed E-state index contributed by atoms with van der Waals surface area (Å²) in [5.74, 6) is 0. The molecule has 9 heavy (non-hydrogen) atoms. The van der Waals surface area contributed by atoms with Gasteiger partial charge in [-0.05, 0) is 31.8 Å². The summed E-state index contributed by atoms with van der Waals surface area (Å²) in [6.07, 6.45) is 2.58. The van der Waals surface area contributed by atoms with Crippen molar-refractivity contribution in [1.29, 1.82) is 0 Å². The molecular weight excluding hydrogens is 136 g/mol. The number of halogens is 1. The molecule has 1 nitrogen and oxygen atoms in total. The smallest absolute Gasteiger partial charge is 0.0761 e. The molecule has 1 unspecified atom stereocenters. The fraction of sp³-hybridized carbons (Fsp3) is 0.714. The van der Waals surface area contributed by atoms with Crippen molar-refractivity contribution in [2.24, 2.45) is 0 Å². The molecule has 0 saturated heterocycles. The third-order valence-electron chi connectivity index (χ3n) is 1.80. The maximum absolute atomic E-state index is 9.21. The summed E-state index contributed by atoms with van der Waals surface area (Å²) in [6, 6.07) is 0. The standard InChI is InChI=1S/C7H11ClO/c1-5-6(8)3-2-4-7(5)9/h7,9H,2-4H2,1H3. The number of hydrogen-bond donors (Lipinski definition) is 1. The van der Waals surface area contributed by atoms with Crippen LogP contribution in [0.2, 0.25) is 0 Å². The Kier molecular flexibility index (Phi) is 2.14. The lowest BCUT2D eigenvalue weighted by atomic mass is 9.98. The van der Waals surface area contributed by atoms with Gasteiger partial charge in [0.15, 0.2) is 0 Å². The van der Waals surface area contributed by atoms with E-state index in [0.29, 0.717) is 0 Å². The summed E-state index contributed by atoms with van der Waals surface area (Å²) >= 11 is 5.78. The van der Waals surface area contributed by atoms with E-state index in [1.165, 1.54) is 0 Å². The Hall–Kier alpha value is -0.0100. The van der Waals surface area contributed by atoms with Crippen LogP contribution >= 0.6 is 11.6 Å². The molecule has 0 heterocycles. The average Bonchev–Trinajstić information content (AvgIpc) is 1.83. The highest BCUT2D eigenvalue weighted by molar-refractivity contribution is 6.30. The predicted molar refractivity (Wildman–Crippen MR) is 38.4 cm³/mol. The molecule has 0 fully saturated rings. The lowest BCUT2D eigenvalue weighted by molar-refractivity contribution is 0.190. The van der Waals surface area contributed by atoms with Gasteiger partial charge in [0.2, 0.25) is 0 Å². The molecule has 0 spiro atoms. The van der Waals surface area contributed by atoms with Crippen molar-refractivity contribution in [3.05, 3.63) is 10.6 Å². The van der Waals surface area contributed by atoms with Gasteiger partial charge in [-0.15, -0.1) is 0 Å². The monoisotopic (exact) mass is 146 g/mol. The Bertz CT molecular complexity index is 140. The Balaban J connectivity index is 2.72. The van der Waals surface area contributed by atoms with Gasteiger partial charge in [-0.25, -0.2) is 0 Å². The zero-order valence-corrected chi connectivity index (χ0v) is 6.28. The van der Waals surface area contributed by atoms with Crippen LogP contribution in [0.5, 0.6) is 0 Å². The van der Waals surface area contributed by atoms with E-state index in [2.05, 4.69) is 0 Å². The molecule has 0 aromatic heterocycles. The second-order valence-electron chi connectivity index (χ2n) is 2.50. The summed E-state index contributed by atoms with van der Waals surface area (Å²) in [4.78, 5) is 0. The molecule has 1 atom stereocenters. The SMILES string of the molecule is CC1=C(Cl)CCCC1O. The highest BCUT2D eigenvalue weighted by Gasteiger charge is 2.15. The van der Waals surface area contributed by atoms with Crippen molar-refractivity contribution >= 4 is 11.6 Å². The number of allylic oxidation sites excluding steroid dienone is 1. The molecule has 52 valence electrons. The minimum absolute atomic E-state index is 0.272. The summed E-state index contributed by atoms with van der Waals surface area (Å²) in [7, 11) is 0. The molecule has 0 bridgehead atoms. The fourth-order valence-corrected chi connectivity index (χ4v) is 1.30. The normalized spacial score (nSPS) is 29.0. The van der Waals surface area contributed by atoms with Crippen molar-refractivity contribution in [3.63, 3.8) is 0 Å². The molecular formula is C7H11ClO. The number of hydrogen-bond acceptors (Lipinski definition) is 1. The van der Waals surface area contributed by atoms with E-state index in [-0.39, 0.29) is 6.10 Å². The van der Waals surface area contributed by atoms with Crippen LogP contribution in [-0.4, -0.2) is 11.2 Å². The van der Waals surface area contributed by atoms with Crippen molar-refractivity contribution < 1.29 is 5.11 Å². The second-order valence-corrected chi connectivity index (χ2v) is 2.95. The number of aliphatic hydroxyl groups is 1. The quantitative estimate of drug-likeness (QED) is 0.555. The Morgan fingerprint density at radius 1 is 1.67 bits per heavy atom. The number of rotatable bonds is 0. The molecule has 1 aliphatic rings. The van der Waals surface area contributed by atoms with Crippen LogP contribution in [-0.2, 0) is 0 Å². The van der Waals surface area contributed by atoms with Crippen LogP contribution < -0.4 is 0 Å². The van der Waals surface area contributed by atoms with Crippen LogP contribution in [0.4, 0.5) is 0 Å². The Morgan fingerprint density at radius 3 is 2.78 bits per heavy atom. The van der Waals surface area contributed by atoms with Crippen LogP contribution in [0.25, 0.3) is 0 Å². The molecule has 0 aromatic carbocycles. The third-order valence-corrected chi connectivity index (χ3v) is 2.29. The summed E-state index contributed by atoms with van der Waals surface area (Å²) in [5, 5.41) is 10.1. The highest BCUT2D eigenvalue weighted by atomic mass is 35.5. The van der Waals surface area contributed by atoms with E-state index in [1.807, 2.05) is 6.92 Å². The molecule has 0 aromatic rings. The van der Waals surface area contributed by atoms with Gasteiger partial charge in [-0.3, -0.25) is 0 Å². The number of aliphatic hydroxyl groups excluding tert-OH is 1. The van der Waals surface area contributed by atoms with Crippen molar-refractivity contribution in [3.8, 4) is 0 Å². The molecule has 0 radical (unpaired) electrons. The fourth-order valence-electron chi connectivity index (χ4n) is 1.05. The first-order valence-electron chi connectivity index (χ1n) is 3.25. The average molecular weight is 147 g/mol. The van der Waals surface area contributed by atoms with E-state index in [9.17, 15) is 5.11 Å². The molecule has 1 rings (SSSR count). The summed E-state index contributed by atoms with van der Waals surface area (Å²) < 4.78 is 0. The molecule has 0 aliphatic heterocycles. The zero-order chi connectivity index (χ0) is 6.85. The van der Waals surface area contributed by atoms with E-state index in [4.69, 9.17) is 11.6 Å². The van der Waals surface area contributed by atoms with Crippen molar-refractivity contribution in [2.75, 3.05) is 0 Å². The van der Waals surface area contributed by atoms with Gasteiger partial charge in [-0.1, -0.05) is 11.6 Å². The summed E-state index contributed by atoms with van der Waals surface area (Å²) in [5.41, 5.74) is 0.961. The molecule has 1 N–H and O–H groups in total. The van der Waals surface area contributed by atoms with Crippen molar-refractivity contribution in [2.45, 2.75) is 32.3 Å². The van der Waals surface area contributed by atoms with E-state index in [1.54, 1.807) is 0 Å². The predicted octanol–water partition coefficient (Wildman–Crippen LogP) is 2.04. The Labute approximate surface area is 60.3 Å². The van der Waals surface area contributed by atoms with Gasteiger partial charge >= 0.3 is 0 Å². The largest absolute Gasteiger partial charge is 0.389 e. The van der Waals surface area contributed by atoms with E-state index >= 15 is 0 Å². The molecule has 1 aliphatic carbocycles. The van der Waals surface area contributed by atoms with Gasteiger partial charge in [-0.2, -0.15) is 0 Å². The highest BCUT2D eigenvalue weighted by Crippen LogP contribution is 2.26. The third kappa shape index (κ3) is 1.46. The van der Waals surface area contributed by atoms with Crippen LogP contribution in [0.15, 0.2) is 10.6 Å². The molecule has 0 amide bonds. The first-order valence-corrected chi connectivity index (χ1v) is 3.63. The molecule has 0 saturated carbocycles. The van der Waals surface area contributed by atoms with Crippen molar-refractivity contribution in [1.82, 2.24) is 0 Å². The van der Waals surface area contributed by atoms with Gasteiger partial charge in [0.05, 0.1) is 6.10 Å². The van der Waals surface area contributed by atoms with Gasteiger partial charge < -0.3 is 5.11 Å². The first kappa shape index (κ1) is 7.10. The van der Waals surface area contributed by atoms with Gasteiger partial charge in [0.25, 0.3) is 0 Å². The lowest BCUT2D eigenvalue weighted by Gasteiger charge is -2.18. The summed E-state index contributed by atoms with van der Waals surface area (Å²) in [6.45, 7) is 1.90. The second kappa shape index (κ2) is 2.72. The van der Waals surface area contributed by atoms with E-state index < -0.39 is 0 Å². The zero-order valence-electron chi connectivity index (χ0n) is 5.52. The maximum atomic E-state index is 9.21. The van der Waals surface area contributed by atoms with Crippen LogP contribution in [0.3, 0.4) is 0 Å². The van der Waals surface area contributed by atoms with E-state index in [0.717, 1.165) is 29.9 Å². The first-order chi connectivity index (χ1) is 4.22. The van der Waals surface area contributed by atoms with Crippen LogP contribution in [0.1, 0.15) is 26.2 Å². The maximum Gasteiger partial charge on any atom is 0.0761 e. The van der Waals surface area contributed by atoms with Gasteiger partial charge in [0.1, 0.15) is 0 Å². The lowest BCUT2D eigenvalue weighted by Crippen LogP contribution is -2.13.